The Bertz CT molecular complexity index is 752. The molecule has 1 aliphatic rings. The van der Waals surface area contributed by atoms with Gasteiger partial charge in [-0.15, -0.1) is 0 Å². The number of hydrogen-bond donors (Lipinski definition) is 2. The number of nitrogens with zero attached hydrogens (tertiary/aromatic N) is 2. The highest BCUT2D eigenvalue weighted by atomic mass is 16.4. The van der Waals surface area contributed by atoms with Gasteiger partial charge in [0.05, 0.1) is 11.6 Å². The van der Waals surface area contributed by atoms with Crippen LogP contribution < -0.4 is 4.90 Å². The Morgan fingerprint density at radius 3 is 2.26 bits per heavy atom. The van der Waals surface area contributed by atoms with Gasteiger partial charge in [0.2, 0.25) is 0 Å². The Kier molecular flexibility index (Phi) is 6.60. The molecule has 0 saturated carbocycles. The van der Waals surface area contributed by atoms with Crippen molar-refractivity contribution < 1.29 is 24.6 Å². The molecule has 1 aromatic carbocycles. The van der Waals surface area contributed by atoms with Crippen LogP contribution in [0.1, 0.15) is 44.2 Å². The summed E-state index contributed by atoms with van der Waals surface area (Å²) in [6, 6.07) is 6.89. The number of carbonyl (C=O) groups excluding carboxylic acids is 2. The SMILES string of the molecule is CC(=O)C1=C(O)C(=O)N(CCCCCC(=O)O)[C@H]1c1ccc(N(C)C)cc1. The van der Waals surface area contributed by atoms with Gasteiger partial charge in [-0.3, -0.25) is 14.4 Å². The summed E-state index contributed by atoms with van der Waals surface area (Å²) >= 11 is 0. The summed E-state index contributed by atoms with van der Waals surface area (Å²) in [4.78, 5) is 38.6. The van der Waals surface area contributed by atoms with Crippen LogP contribution in [-0.4, -0.2) is 53.4 Å². The first-order chi connectivity index (χ1) is 12.7. The number of benzene rings is 1. The van der Waals surface area contributed by atoms with Crippen molar-refractivity contribution in [3.63, 3.8) is 0 Å². The highest BCUT2D eigenvalue weighted by Gasteiger charge is 2.41. The number of hydrogen-bond acceptors (Lipinski definition) is 5. The number of aliphatic hydroxyl groups excluding tert-OH is 1. The average Bonchev–Trinajstić information content (AvgIpc) is 2.86. The fourth-order valence-electron chi connectivity index (χ4n) is 3.28. The second kappa shape index (κ2) is 8.70. The number of aliphatic hydroxyl groups is 1. The van der Waals surface area contributed by atoms with Gasteiger partial charge in [-0.05, 0) is 37.5 Å². The van der Waals surface area contributed by atoms with Crippen molar-refractivity contribution >= 4 is 23.3 Å². The van der Waals surface area contributed by atoms with Crippen molar-refractivity contribution in [1.82, 2.24) is 4.90 Å². The molecular formula is C20H26N2O5. The van der Waals surface area contributed by atoms with E-state index in [1.807, 2.05) is 43.3 Å². The minimum absolute atomic E-state index is 0.0889. The number of rotatable bonds is 9. The van der Waals surface area contributed by atoms with E-state index in [0.29, 0.717) is 25.8 Å². The summed E-state index contributed by atoms with van der Waals surface area (Å²) in [5.74, 6) is -2.23. The molecule has 146 valence electrons. The molecule has 0 saturated heterocycles. The summed E-state index contributed by atoms with van der Waals surface area (Å²) in [6.45, 7) is 1.69. The second-order valence-corrected chi connectivity index (χ2v) is 6.91. The fourth-order valence-corrected chi connectivity index (χ4v) is 3.28. The van der Waals surface area contributed by atoms with E-state index < -0.39 is 23.7 Å². The van der Waals surface area contributed by atoms with Gasteiger partial charge in [0.1, 0.15) is 0 Å². The van der Waals surface area contributed by atoms with E-state index in [0.717, 1.165) is 11.3 Å². The van der Waals surface area contributed by atoms with E-state index in [1.54, 1.807) is 0 Å². The van der Waals surface area contributed by atoms with E-state index in [4.69, 9.17) is 5.11 Å². The average molecular weight is 374 g/mol. The number of anilines is 1. The minimum atomic E-state index is -0.843. The van der Waals surface area contributed by atoms with Crippen molar-refractivity contribution in [3.8, 4) is 0 Å². The number of aliphatic carboxylic acids is 1. The molecular weight excluding hydrogens is 348 g/mol. The molecule has 0 aliphatic carbocycles. The summed E-state index contributed by atoms with van der Waals surface area (Å²) < 4.78 is 0. The van der Waals surface area contributed by atoms with Gasteiger partial charge in [0.15, 0.2) is 11.5 Å². The third-order valence-corrected chi connectivity index (χ3v) is 4.70. The number of carboxylic acid groups (broad SMARTS) is 1. The van der Waals surface area contributed by atoms with Gasteiger partial charge >= 0.3 is 5.97 Å². The Morgan fingerprint density at radius 1 is 1.11 bits per heavy atom. The predicted octanol–water partition coefficient (Wildman–Crippen LogP) is 2.68. The Balaban J connectivity index is 2.22. The molecule has 1 atom stereocenters. The third kappa shape index (κ3) is 4.67. The standard InChI is InChI=1S/C20H26N2O5/c1-13(23)17-18(14-8-10-15(11-9-14)21(2)3)22(20(27)19(17)26)12-6-4-5-7-16(24)25/h8-11,18,26H,4-7,12H2,1-3H3,(H,24,25)/t18-/m0/s1. The summed E-state index contributed by atoms with van der Waals surface area (Å²) in [6.07, 6.45) is 1.87. The van der Waals surface area contributed by atoms with Gasteiger partial charge in [0.25, 0.3) is 5.91 Å². The summed E-state index contributed by atoms with van der Waals surface area (Å²) in [7, 11) is 3.84. The minimum Gasteiger partial charge on any atom is -0.503 e. The molecule has 0 fully saturated rings. The molecule has 2 N–H and O–H groups in total. The molecule has 1 heterocycles. The van der Waals surface area contributed by atoms with Crippen LogP contribution in [0.15, 0.2) is 35.6 Å². The van der Waals surface area contributed by atoms with Crippen LogP contribution in [0, 0.1) is 0 Å². The van der Waals surface area contributed by atoms with E-state index in [-0.39, 0.29) is 17.8 Å². The number of amides is 1. The predicted molar refractivity (Wildman–Crippen MR) is 102 cm³/mol. The van der Waals surface area contributed by atoms with E-state index >= 15 is 0 Å². The normalized spacial score (nSPS) is 16.8. The lowest BCUT2D eigenvalue weighted by Crippen LogP contribution is -2.32. The van der Waals surface area contributed by atoms with Gasteiger partial charge in [-0.25, -0.2) is 0 Å². The van der Waals surface area contributed by atoms with Crippen LogP contribution in [0.2, 0.25) is 0 Å². The molecule has 1 aromatic rings. The topological polar surface area (TPSA) is 98.2 Å². The smallest absolute Gasteiger partial charge is 0.303 e. The van der Waals surface area contributed by atoms with Crippen LogP contribution >= 0.6 is 0 Å². The molecule has 0 unspecified atom stereocenters. The number of ketones is 1. The quantitative estimate of drug-likeness (QED) is 0.645. The number of carbonyl (C=O) groups is 3. The lowest BCUT2D eigenvalue weighted by molar-refractivity contribution is -0.137. The van der Waals surface area contributed by atoms with Gasteiger partial charge in [-0.2, -0.15) is 0 Å². The molecule has 1 aliphatic heterocycles. The Labute approximate surface area is 158 Å². The third-order valence-electron chi connectivity index (χ3n) is 4.70. The maximum atomic E-state index is 12.5. The van der Waals surface area contributed by atoms with Crippen LogP contribution in [0.5, 0.6) is 0 Å². The van der Waals surface area contributed by atoms with Gasteiger partial charge in [0, 0.05) is 32.7 Å². The van der Waals surface area contributed by atoms with Gasteiger partial charge < -0.3 is 20.0 Å². The zero-order valence-electron chi connectivity index (χ0n) is 15.9. The van der Waals surface area contributed by atoms with Crippen molar-refractivity contribution in [1.29, 1.82) is 0 Å². The highest BCUT2D eigenvalue weighted by molar-refractivity contribution is 6.08. The van der Waals surface area contributed by atoms with Crippen LogP contribution in [0.4, 0.5) is 5.69 Å². The zero-order valence-corrected chi connectivity index (χ0v) is 15.9. The van der Waals surface area contributed by atoms with Crippen molar-refractivity contribution in [3.05, 3.63) is 41.2 Å². The first kappa shape index (κ1) is 20.5. The summed E-state index contributed by atoms with van der Waals surface area (Å²) in [5.41, 5.74) is 1.86. The first-order valence-corrected chi connectivity index (χ1v) is 8.98. The van der Waals surface area contributed by atoms with Crippen molar-refractivity contribution in [2.24, 2.45) is 0 Å². The Hall–Kier alpha value is -2.83. The monoisotopic (exact) mass is 374 g/mol. The zero-order chi connectivity index (χ0) is 20.1. The van der Waals surface area contributed by atoms with Crippen LogP contribution in [-0.2, 0) is 14.4 Å². The molecule has 7 heteroatoms. The highest BCUT2D eigenvalue weighted by Crippen LogP contribution is 2.38. The fraction of sp³-hybridized carbons (Fsp3) is 0.450. The van der Waals surface area contributed by atoms with E-state index in [2.05, 4.69) is 0 Å². The second-order valence-electron chi connectivity index (χ2n) is 6.91. The van der Waals surface area contributed by atoms with E-state index in [9.17, 15) is 19.5 Å². The van der Waals surface area contributed by atoms with Crippen molar-refractivity contribution in [2.45, 2.75) is 38.6 Å². The molecule has 0 spiro atoms. The number of carboxylic acids is 1. The number of unbranched alkanes of at least 4 members (excludes halogenated alkanes) is 2. The first-order valence-electron chi connectivity index (χ1n) is 8.98. The molecule has 0 bridgehead atoms. The largest absolute Gasteiger partial charge is 0.503 e. The molecule has 2 rings (SSSR count). The molecule has 1 amide bonds. The summed E-state index contributed by atoms with van der Waals surface area (Å²) in [5, 5.41) is 18.9. The van der Waals surface area contributed by atoms with Gasteiger partial charge in [-0.1, -0.05) is 18.6 Å². The molecule has 7 nitrogen and oxygen atoms in total. The lowest BCUT2D eigenvalue weighted by atomic mass is 9.96. The maximum absolute atomic E-state index is 12.5. The maximum Gasteiger partial charge on any atom is 0.303 e. The van der Waals surface area contributed by atoms with Crippen LogP contribution in [0.3, 0.4) is 0 Å². The lowest BCUT2D eigenvalue weighted by Gasteiger charge is -2.27. The van der Waals surface area contributed by atoms with Crippen molar-refractivity contribution in [2.75, 3.05) is 25.5 Å². The molecule has 27 heavy (non-hydrogen) atoms. The number of Topliss-reactive ketones (excluding diaryl/α,β-unsaturated/α-hetero) is 1. The molecule has 0 radical (unpaired) electrons. The van der Waals surface area contributed by atoms with Crippen LogP contribution in [0.25, 0.3) is 0 Å². The Morgan fingerprint density at radius 2 is 1.74 bits per heavy atom. The van der Waals surface area contributed by atoms with E-state index in [1.165, 1.54) is 11.8 Å². The molecule has 0 aromatic heterocycles.